The predicted octanol–water partition coefficient (Wildman–Crippen LogP) is 1.75. The van der Waals surface area contributed by atoms with Gasteiger partial charge in [0.05, 0.1) is 10.5 Å². The highest BCUT2D eigenvalue weighted by Gasteiger charge is 2.19. The Morgan fingerprint density at radius 1 is 1.20 bits per heavy atom. The first kappa shape index (κ1) is 21.3. The average Bonchev–Trinajstić information content (AvgIpc) is 3.07. The van der Waals surface area contributed by atoms with Crippen LogP contribution in [0.3, 0.4) is 0 Å². The summed E-state index contributed by atoms with van der Waals surface area (Å²) in [6, 6.07) is 10.5. The van der Waals surface area contributed by atoms with Gasteiger partial charge in [0.25, 0.3) is 5.91 Å². The van der Waals surface area contributed by atoms with Gasteiger partial charge in [0, 0.05) is 17.5 Å². The second-order valence-corrected chi connectivity index (χ2v) is 7.01. The summed E-state index contributed by atoms with van der Waals surface area (Å²) in [5.74, 6) is -2.29. The molecule has 0 aliphatic heterocycles. The highest BCUT2D eigenvalue weighted by Crippen LogP contribution is 2.18. The van der Waals surface area contributed by atoms with Crippen molar-refractivity contribution in [2.75, 3.05) is 0 Å². The fraction of sp³-hybridized carbons (Fsp3) is 0.200. The Bertz CT molecular complexity index is 1130. The fourth-order valence-corrected chi connectivity index (χ4v) is 3.13. The van der Waals surface area contributed by atoms with Crippen LogP contribution in [0.1, 0.15) is 23.0 Å². The van der Waals surface area contributed by atoms with E-state index >= 15 is 0 Å². The maximum Gasteiger partial charge on any atom is 0.269 e. The molecule has 3 rings (SSSR count). The van der Waals surface area contributed by atoms with Gasteiger partial charge in [-0.15, -0.1) is 0 Å². The molecule has 1 aromatic heterocycles. The molecular formula is C20H19ClFN5O3. The predicted molar refractivity (Wildman–Crippen MR) is 109 cm³/mol. The average molecular weight is 432 g/mol. The van der Waals surface area contributed by atoms with Gasteiger partial charge in [0.15, 0.2) is 5.69 Å². The third kappa shape index (κ3) is 4.57. The van der Waals surface area contributed by atoms with Crippen LogP contribution in [0.25, 0.3) is 10.9 Å². The van der Waals surface area contributed by atoms with Gasteiger partial charge >= 0.3 is 0 Å². The van der Waals surface area contributed by atoms with Gasteiger partial charge in [0.2, 0.25) is 11.8 Å². The number of rotatable bonds is 7. The van der Waals surface area contributed by atoms with Gasteiger partial charge in [-0.3, -0.25) is 19.1 Å². The van der Waals surface area contributed by atoms with Crippen molar-refractivity contribution in [1.29, 1.82) is 0 Å². The maximum atomic E-state index is 13.9. The molecule has 8 nitrogen and oxygen atoms in total. The van der Waals surface area contributed by atoms with Crippen LogP contribution in [0.15, 0.2) is 42.5 Å². The summed E-state index contributed by atoms with van der Waals surface area (Å²) in [6.45, 7) is 1.21. The van der Waals surface area contributed by atoms with E-state index < -0.39 is 29.6 Å². The molecule has 0 saturated carbocycles. The van der Waals surface area contributed by atoms with Crippen LogP contribution in [0.5, 0.6) is 0 Å². The zero-order chi connectivity index (χ0) is 21.8. The zero-order valence-electron chi connectivity index (χ0n) is 16.0. The van der Waals surface area contributed by atoms with E-state index in [1.165, 1.54) is 23.7 Å². The third-order valence-corrected chi connectivity index (χ3v) is 4.73. The van der Waals surface area contributed by atoms with Crippen LogP contribution in [0, 0.1) is 5.82 Å². The van der Waals surface area contributed by atoms with E-state index in [1.807, 2.05) is 0 Å². The van der Waals surface area contributed by atoms with Crippen molar-refractivity contribution in [2.24, 2.45) is 5.73 Å². The lowest BCUT2D eigenvalue weighted by atomic mass is 10.2. The quantitative estimate of drug-likeness (QED) is 0.528. The van der Waals surface area contributed by atoms with Crippen molar-refractivity contribution in [3.63, 3.8) is 0 Å². The minimum Gasteiger partial charge on any atom is -0.364 e. The molecule has 1 heterocycles. The number of amides is 3. The Hall–Kier alpha value is -3.46. The maximum absolute atomic E-state index is 13.9. The molecule has 0 radical (unpaired) electrons. The van der Waals surface area contributed by atoms with Crippen molar-refractivity contribution < 1.29 is 18.8 Å². The highest BCUT2D eigenvalue weighted by atomic mass is 35.5. The van der Waals surface area contributed by atoms with E-state index in [1.54, 1.807) is 30.3 Å². The standard InChI is InChI=1S/C20H19ClFN5O3/c1-11(20(30)24-9-12-5-4-7-14(21)17(12)22)25-16(28)10-27-15-8-3-2-6-13(15)18(26-27)19(23)29/h2-8,11H,9-10H2,1H3,(H2,23,29)(H,24,30)(H,25,28). The van der Waals surface area contributed by atoms with Crippen molar-refractivity contribution in [3.8, 4) is 0 Å². The first-order chi connectivity index (χ1) is 14.3. The number of nitrogens with two attached hydrogens (primary N) is 1. The van der Waals surface area contributed by atoms with Crippen molar-refractivity contribution in [2.45, 2.75) is 26.1 Å². The van der Waals surface area contributed by atoms with Gasteiger partial charge in [-0.1, -0.05) is 41.9 Å². The Morgan fingerprint density at radius 2 is 1.93 bits per heavy atom. The number of benzene rings is 2. The lowest BCUT2D eigenvalue weighted by Crippen LogP contribution is -2.45. The topological polar surface area (TPSA) is 119 Å². The molecule has 0 aliphatic carbocycles. The summed E-state index contributed by atoms with van der Waals surface area (Å²) in [6.07, 6.45) is 0. The van der Waals surface area contributed by atoms with Crippen molar-refractivity contribution in [1.82, 2.24) is 20.4 Å². The molecule has 0 saturated heterocycles. The number of aromatic nitrogens is 2. The number of primary amides is 1. The smallest absolute Gasteiger partial charge is 0.269 e. The molecule has 4 N–H and O–H groups in total. The number of hydrogen-bond donors (Lipinski definition) is 3. The van der Waals surface area contributed by atoms with Crippen molar-refractivity contribution in [3.05, 3.63) is 64.6 Å². The summed E-state index contributed by atoms with van der Waals surface area (Å²) in [5.41, 5.74) is 6.20. The minimum atomic E-state index is -0.878. The Balaban J connectivity index is 1.62. The number of para-hydroxylation sites is 1. The lowest BCUT2D eigenvalue weighted by Gasteiger charge is -2.15. The molecule has 156 valence electrons. The van der Waals surface area contributed by atoms with Crippen LogP contribution < -0.4 is 16.4 Å². The first-order valence-electron chi connectivity index (χ1n) is 9.03. The van der Waals surface area contributed by atoms with E-state index in [9.17, 15) is 18.8 Å². The number of nitrogens with one attached hydrogen (secondary N) is 2. The molecule has 1 unspecified atom stereocenters. The molecule has 2 aromatic carbocycles. The second-order valence-electron chi connectivity index (χ2n) is 6.61. The lowest BCUT2D eigenvalue weighted by molar-refractivity contribution is -0.129. The number of carbonyl (C=O) groups excluding carboxylic acids is 3. The van der Waals surface area contributed by atoms with Gasteiger partial charge < -0.3 is 16.4 Å². The van der Waals surface area contributed by atoms with Crippen LogP contribution in [0.2, 0.25) is 5.02 Å². The van der Waals surface area contributed by atoms with Crippen LogP contribution >= 0.6 is 11.6 Å². The molecule has 30 heavy (non-hydrogen) atoms. The molecule has 1 atom stereocenters. The van der Waals surface area contributed by atoms with E-state index in [0.29, 0.717) is 10.9 Å². The van der Waals surface area contributed by atoms with Crippen LogP contribution in [0.4, 0.5) is 4.39 Å². The summed E-state index contributed by atoms with van der Waals surface area (Å²) >= 11 is 5.72. The molecule has 3 amide bonds. The minimum absolute atomic E-state index is 0.0371. The number of hydrogen-bond acceptors (Lipinski definition) is 4. The van der Waals surface area contributed by atoms with Gasteiger partial charge in [0.1, 0.15) is 18.4 Å². The summed E-state index contributed by atoms with van der Waals surface area (Å²) in [5, 5.41) is 9.69. The molecule has 10 heteroatoms. The summed E-state index contributed by atoms with van der Waals surface area (Å²) in [4.78, 5) is 36.2. The van der Waals surface area contributed by atoms with Gasteiger partial charge in [-0.2, -0.15) is 5.10 Å². The number of fused-ring (bicyclic) bond motifs is 1. The fourth-order valence-electron chi connectivity index (χ4n) is 2.94. The molecule has 3 aromatic rings. The molecule has 0 fully saturated rings. The van der Waals surface area contributed by atoms with Crippen molar-refractivity contribution >= 4 is 40.2 Å². The third-order valence-electron chi connectivity index (χ3n) is 4.44. The second kappa shape index (κ2) is 8.91. The molecule has 0 spiro atoms. The Kier molecular flexibility index (Phi) is 6.31. The number of nitrogens with zero attached hydrogens (tertiary/aromatic N) is 2. The zero-order valence-corrected chi connectivity index (χ0v) is 16.7. The molecule has 0 bridgehead atoms. The van der Waals surface area contributed by atoms with Gasteiger partial charge in [-0.05, 0) is 19.1 Å². The molecular weight excluding hydrogens is 413 g/mol. The largest absolute Gasteiger partial charge is 0.364 e. The van der Waals surface area contributed by atoms with Crippen LogP contribution in [-0.4, -0.2) is 33.5 Å². The highest BCUT2D eigenvalue weighted by molar-refractivity contribution is 6.30. The first-order valence-corrected chi connectivity index (χ1v) is 9.41. The number of carbonyl (C=O) groups is 3. The summed E-state index contributed by atoms with van der Waals surface area (Å²) < 4.78 is 15.2. The Morgan fingerprint density at radius 3 is 2.67 bits per heavy atom. The van der Waals surface area contributed by atoms with Gasteiger partial charge in [-0.25, -0.2) is 4.39 Å². The van der Waals surface area contributed by atoms with Crippen LogP contribution in [-0.2, 0) is 22.7 Å². The monoisotopic (exact) mass is 431 g/mol. The molecule has 0 aliphatic rings. The number of halogens is 2. The van der Waals surface area contributed by atoms with E-state index in [0.717, 1.165) is 0 Å². The summed E-state index contributed by atoms with van der Waals surface area (Å²) in [7, 11) is 0. The SMILES string of the molecule is CC(NC(=O)Cn1nc(C(N)=O)c2ccccc21)C(=O)NCc1cccc(Cl)c1F. The van der Waals surface area contributed by atoms with E-state index in [2.05, 4.69) is 15.7 Å². The Labute approximate surface area is 176 Å². The van der Waals surface area contributed by atoms with E-state index in [4.69, 9.17) is 17.3 Å². The normalized spacial score (nSPS) is 11.8. The van der Waals surface area contributed by atoms with E-state index in [-0.39, 0.29) is 29.4 Å².